The molecule has 1 aromatic heterocycles. The number of aromatic nitrogens is 2. The fourth-order valence-corrected chi connectivity index (χ4v) is 2.51. The second kappa shape index (κ2) is 4.96. The van der Waals surface area contributed by atoms with Gasteiger partial charge in [-0.3, -0.25) is 4.79 Å². The van der Waals surface area contributed by atoms with Crippen LogP contribution in [0.3, 0.4) is 0 Å². The van der Waals surface area contributed by atoms with E-state index in [0.29, 0.717) is 10.6 Å². The molecule has 0 saturated carbocycles. The van der Waals surface area contributed by atoms with Gasteiger partial charge in [0.2, 0.25) is 11.8 Å². The third kappa shape index (κ3) is 2.14. The summed E-state index contributed by atoms with van der Waals surface area (Å²) in [7, 11) is 0. The number of hydrogen-bond acceptors (Lipinski definition) is 5. The summed E-state index contributed by atoms with van der Waals surface area (Å²) in [5, 5.41) is 9.84. The molecule has 1 aliphatic heterocycles. The number of nitrogens with zero attached hydrogens (tertiary/aromatic N) is 2. The Balaban J connectivity index is 2.31. The average Bonchev–Trinajstić information content (AvgIpc) is 2.46. The van der Waals surface area contributed by atoms with Crippen LogP contribution >= 0.6 is 11.6 Å². The molecule has 0 unspecified atom stereocenters. The first-order chi connectivity index (χ1) is 10.1. The summed E-state index contributed by atoms with van der Waals surface area (Å²) in [5.41, 5.74) is 6.45. The standard InChI is InChI=1S/C14H9ClN4O2/c15-8-3-1-2-7(4-8)10-9(5-16)12(17)21-14-11(10)13(20)18-6-19-14/h1-4,6,10H,17H2,(H,18,19,20)/t10-/m0/s1. The van der Waals surface area contributed by atoms with E-state index in [1.807, 2.05) is 6.07 Å². The lowest BCUT2D eigenvalue weighted by Gasteiger charge is -2.24. The fraction of sp³-hybridized carbons (Fsp3) is 0.0714. The number of halogens is 1. The lowest BCUT2D eigenvalue weighted by Crippen LogP contribution is -2.28. The van der Waals surface area contributed by atoms with E-state index in [1.54, 1.807) is 24.3 Å². The molecule has 2 aromatic rings. The molecule has 0 spiro atoms. The van der Waals surface area contributed by atoms with Crippen molar-refractivity contribution >= 4 is 11.6 Å². The van der Waals surface area contributed by atoms with Crippen molar-refractivity contribution in [2.75, 3.05) is 0 Å². The summed E-state index contributed by atoms with van der Waals surface area (Å²) in [4.78, 5) is 18.6. The summed E-state index contributed by atoms with van der Waals surface area (Å²) in [6.45, 7) is 0. The largest absolute Gasteiger partial charge is 0.422 e. The normalized spacial score (nSPS) is 16.9. The Kier molecular flexibility index (Phi) is 3.12. The molecule has 6 nitrogen and oxygen atoms in total. The lowest BCUT2D eigenvalue weighted by molar-refractivity contribution is 0.375. The van der Waals surface area contributed by atoms with Crippen LogP contribution < -0.4 is 16.0 Å². The van der Waals surface area contributed by atoms with Crippen molar-refractivity contribution < 1.29 is 4.74 Å². The van der Waals surface area contributed by atoms with Gasteiger partial charge in [0.25, 0.3) is 5.56 Å². The van der Waals surface area contributed by atoms with E-state index in [2.05, 4.69) is 9.97 Å². The molecular weight excluding hydrogens is 292 g/mol. The van der Waals surface area contributed by atoms with Crippen LogP contribution in [0.5, 0.6) is 5.88 Å². The van der Waals surface area contributed by atoms with Gasteiger partial charge < -0.3 is 15.5 Å². The van der Waals surface area contributed by atoms with Gasteiger partial charge in [0.15, 0.2) is 0 Å². The van der Waals surface area contributed by atoms with Gasteiger partial charge in [-0.2, -0.15) is 5.26 Å². The maximum absolute atomic E-state index is 12.1. The number of H-pyrrole nitrogens is 1. The first-order valence-corrected chi connectivity index (χ1v) is 6.40. The number of nitrogens with one attached hydrogen (secondary N) is 1. The summed E-state index contributed by atoms with van der Waals surface area (Å²) in [6.07, 6.45) is 1.22. The van der Waals surface area contributed by atoms with Crippen molar-refractivity contribution in [2.45, 2.75) is 5.92 Å². The van der Waals surface area contributed by atoms with Crippen molar-refractivity contribution in [2.24, 2.45) is 5.73 Å². The van der Waals surface area contributed by atoms with Gasteiger partial charge in [0.05, 0.1) is 17.8 Å². The fourth-order valence-electron chi connectivity index (χ4n) is 2.31. The van der Waals surface area contributed by atoms with Crippen LogP contribution in [0.2, 0.25) is 5.02 Å². The highest BCUT2D eigenvalue weighted by Crippen LogP contribution is 2.39. The minimum atomic E-state index is -0.658. The Labute approximate surface area is 124 Å². The number of aromatic amines is 1. The Hall–Kier alpha value is -2.78. The molecule has 1 aliphatic rings. The molecule has 7 heteroatoms. The van der Waals surface area contributed by atoms with E-state index in [4.69, 9.17) is 22.1 Å². The molecule has 0 fully saturated rings. The summed E-state index contributed by atoms with van der Waals surface area (Å²) in [6, 6.07) is 8.89. The van der Waals surface area contributed by atoms with Crippen molar-refractivity contribution in [3.05, 3.63) is 68.6 Å². The lowest BCUT2D eigenvalue weighted by atomic mass is 9.85. The molecule has 0 bridgehead atoms. The molecule has 0 amide bonds. The van der Waals surface area contributed by atoms with Crippen molar-refractivity contribution in [1.29, 1.82) is 5.26 Å². The van der Waals surface area contributed by atoms with Crippen molar-refractivity contribution in [3.63, 3.8) is 0 Å². The maximum Gasteiger partial charge on any atom is 0.258 e. The number of allylic oxidation sites excluding steroid dienone is 1. The van der Waals surface area contributed by atoms with Gasteiger partial charge in [0.1, 0.15) is 11.6 Å². The molecule has 3 rings (SSSR count). The van der Waals surface area contributed by atoms with Crippen LogP contribution in [-0.4, -0.2) is 9.97 Å². The van der Waals surface area contributed by atoms with Crippen LogP contribution in [0.15, 0.2) is 46.8 Å². The van der Waals surface area contributed by atoms with E-state index in [9.17, 15) is 10.1 Å². The zero-order valence-electron chi connectivity index (χ0n) is 10.6. The number of rotatable bonds is 1. The Morgan fingerprint density at radius 1 is 1.48 bits per heavy atom. The minimum Gasteiger partial charge on any atom is -0.422 e. The zero-order valence-corrected chi connectivity index (χ0v) is 11.4. The van der Waals surface area contributed by atoms with Gasteiger partial charge in [-0.15, -0.1) is 0 Å². The van der Waals surface area contributed by atoms with Gasteiger partial charge in [-0.05, 0) is 17.7 Å². The van der Waals surface area contributed by atoms with Crippen LogP contribution in [0, 0.1) is 11.3 Å². The smallest absolute Gasteiger partial charge is 0.258 e. The maximum atomic E-state index is 12.1. The topological polar surface area (TPSA) is 105 Å². The van der Waals surface area contributed by atoms with Crippen molar-refractivity contribution in [1.82, 2.24) is 9.97 Å². The molecule has 1 atom stereocenters. The quantitative estimate of drug-likeness (QED) is 0.833. The minimum absolute atomic E-state index is 0.0620. The monoisotopic (exact) mass is 300 g/mol. The SMILES string of the molecule is N#CC1=C(N)Oc2nc[nH]c(=O)c2[C@H]1c1cccc(Cl)c1. The zero-order chi connectivity index (χ0) is 15.0. The molecule has 104 valence electrons. The Bertz CT molecular complexity index is 851. The molecule has 21 heavy (non-hydrogen) atoms. The van der Waals surface area contributed by atoms with Crippen LogP contribution in [0.25, 0.3) is 0 Å². The molecule has 0 radical (unpaired) electrons. The third-order valence-corrected chi connectivity index (χ3v) is 3.44. The Morgan fingerprint density at radius 2 is 2.29 bits per heavy atom. The van der Waals surface area contributed by atoms with E-state index in [-0.39, 0.29) is 28.5 Å². The van der Waals surface area contributed by atoms with Crippen LogP contribution in [-0.2, 0) is 0 Å². The number of hydrogen-bond donors (Lipinski definition) is 2. The van der Waals surface area contributed by atoms with Crippen LogP contribution in [0.4, 0.5) is 0 Å². The number of ether oxygens (including phenoxy) is 1. The van der Waals surface area contributed by atoms with Crippen molar-refractivity contribution in [3.8, 4) is 11.9 Å². The number of nitrogens with two attached hydrogens (primary N) is 1. The number of fused-ring (bicyclic) bond motifs is 1. The summed E-state index contributed by atoms with van der Waals surface area (Å²) >= 11 is 6.00. The molecule has 1 aromatic carbocycles. The summed E-state index contributed by atoms with van der Waals surface area (Å²) in [5.74, 6) is -0.622. The van der Waals surface area contributed by atoms with E-state index in [1.165, 1.54) is 6.33 Å². The summed E-state index contributed by atoms with van der Waals surface area (Å²) < 4.78 is 5.27. The van der Waals surface area contributed by atoms with Gasteiger partial charge >= 0.3 is 0 Å². The molecule has 3 N–H and O–H groups in total. The molecule has 2 heterocycles. The highest BCUT2D eigenvalue weighted by molar-refractivity contribution is 6.30. The van der Waals surface area contributed by atoms with E-state index < -0.39 is 5.92 Å². The van der Waals surface area contributed by atoms with E-state index in [0.717, 1.165) is 0 Å². The van der Waals surface area contributed by atoms with Gasteiger partial charge in [-0.25, -0.2) is 4.98 Å². The predicted molar refractivity (Wildman–Crippen MR) is 75.6 cm³/mol. The second-order valence-corrected chi connectivity index (χ2v) is 4.87. The first-order valence-electron chi connectivity index (χ1n) is 6.02. The average molecular weight is 301 g/mol. The predicted octanol–water partition coefficient (Wildman–Crippen LogP) is 1.64. The molecule has 0 saturated heterocycles. The highest BCUT2D eigenvalue weighted by Gasteiger charge is 2.33. The van der Waals surface area contributed by atoms with Crippen LogP contribution in [0.1, 0.15) is 17.0 Å². The second-order valence-electron chi connectivity index (χ2n) is 4.43. The van der Waals surface area contributed by atoms with E-state index >= 15 is 0 Å². The number of benzene rings is 1. The molecular formula is C14H9ClN4O2. The number of nitriles is 1. The molecule has 0 aliphatic carbocycles. The first kappa shape index (κ1) is 13.2. The van der Waals surface area contributed by atoms with Gasteiger partial charge in [0, 0.05) is 5.02 Å². The third-order valence-electron chi connectivity index (χ3n) is 3.20. The Morgan fingerprint density at radius 3 is 3.00 bits per heavy atom. The van der Waals surface area contributed by atoms with Gasteiger partial charge in [-0.1, -0.05) is 23.7 Å². The highest BCUT2D eigenvalue weighted by atomic mass is 35.5.